The summed E-state index contributed by atoms with van der Waals surface area (Å²) in [4.78, 5) is 44.5. The smallest absolute Gasteiger partial charge is 0.243 e. The Morgan fingerprint density at radius 2 is 1.77 bits per heavy atom. The Kier molecular flexibility index (Phi) is 6.92. The quantitative estimate of drug-likeness (QED) is 0.494. The van der Waals surface area contributed by atoms with Gasteiger partial charge in [0.25, 0.3) is 0 Å². The molecule has 4 atom stereocenters. The predicted octanol–water partition coefficient (Wildman–Crippen LogP) is 3.37. The van der Waals surface area contributed by atoms with Crippen LogP contribution in [-0.2, 0) is 14.4 Å². The van der Waals surface area contributed by atoms with E-state index in [0.29, 0.717) is 25.8 Å². The van der Waals surface area contributed by atoms with Crippen molar-refractivity contribution in [3.8, 4) is 0 Å². The number of fused-ring (bicyclic) bond motifs is 1. The van der Waals surface area contributed by atoms with Gasteiger partial charge in [-0.25, -0.2) is 0 Å². The third kappa shape index (κ3) is 4.62. The second-order valence-corrected chi connectivity index (χ2v) is 10.3. The Balaban J connectivity index is 1.49. The molecule has 31 heavy (non-hydrogen) atoms. The molecule has 4 unspecified atom stereocenters. The second kappa shape index (κ2) is 9.65. The summed E-state index contributed by atoms with van der Waals surface area (Å²) in [5.74, 6) is -0.956. The van der Waals surface area contributed by atoms with Crippen LogP contribution in [-0.4, -0.2) is 53.2 Å². The maximum atomic E-state index is 13.4. The number of hydrogen-bond acceptors (Lipinski definition) is 5. The molecule has 2 saturated heterocycles. The molecule has 3 aliphatic rings. The summed E-state index contributed by atoms with van der Waals surface area (Å²) in [7, 11) is 0. The molecule has 1 aromatic heterocycles. The Morgan fingerprint density at radius 1 is 1.13 bits per heavy atom. The lowest BCUT2D eigenvalue weighted by Gasteiger charge is -2.30. The summed E-state index contributed by atoms with van der Waals surface area (Å²) < 4.78 is 0. The molecule has 1 N–H and O–H groups in total. The van der Waals surface area contributed by atoms with E-state index in [2.05, 4.69) is 21.7 Å². The van der Waals surface area contributed by atoms with Crippen LogP contribution in [0.25, 0.3) is 0 Å². The summed E-state index contributed by atoms with van der Waals surface area (Å²) in [5, 5.41) is 5.19. The number of amides is 3. The first-order valence-corrected chi connectivity index (χ1v) is 12.4. The zero-order valence-corrected chi connectivity index (χ0v) is 19.3. The first-order chi connectivity index (χ1) is 15.0. The minimum Gasteiger partial charge on any atom is -0.352 e. The number of likely N-dealkylation sites (tertiary alicyclic amines) is 2. The Hall–Kier alpha value is -1.99. The van der Waals surface area contributed by atoms with Crippen LogP contribution in [0.3, 0.4) is 0 Å². The molecule has 2 aliphatic heterocycles. The van der Waals surface area contributed by atoms with Crippen molar-refractivity contribution in [1.82, 2.24) is 15.1 Å². The van der Waals surface area contributed by atoms with Gasteiger partial charge in [0.05, 0.1) is 17.9 Å². The van der Waals surface area contributed by atoms with E-state index in [9.17, 15) is 14.4 Å². The second-order valence-electron chi connectivity index (χ2n) is 9.37. The first-order valence-electron chi connectivity index (χ1n) is 11.5. The van der Waals surface area contributed by atoms with E-state index in [0.717, 1.165) is 13.1 Å². The number of rotatable bonds is 8. The van der Waals surface area contributed by atoms with Crippen molar-refractivity contribution in [2.45, 2.75) is 58.0 Å². The van der Waals surface area contributed by atoms with Crippen LogP contribution in [0.1, 0.15) is 56.9 Å². The van der Waals surface area contributed by atoms with Gasteiger partial charge in [0.1, 0.15) is 6.04 Å². The SMILES string of the molecule is CC(C)CC(C(=O)NCC(c1cccs1)N1CCCC1)N1C(=O)C2CC=CCC2C1=O. The van der Waals surface area contributed by atoms with Gasteiger partial charge in [0, 0.05) is 11.4 Å². The highest BCUT2D eigenvalue weighted by atomic mass is 32.1. The first kappa shape index (κ1) is 22.2. The Labute approximate surface area is 188 Å². The summed E-state index contributed by atoms with van der Waals surface area (Å²) in [6.07, 6.45) is 8.00. The summed E-state index contributed by atoms with van der Waals surface area (Å²) >= 11 is 1.71. The highest BCUT2D eigenvalue weighted by Crippen LogP contribution is 2.37. The third-order valence-electron chi connectivity index (χ3n) is 6.77. The van der Waals surface area contributed by atoms with Gasteiger partial charge < -0.3 is 5.32 Å². The highest BCUT2D eigenvalue weighted by molar-refractivity contribution is 7.10. The van der Waals surface area contributed by atoms with E-state index in [-0.39, 0.29) is 41.5 Å². The van der Waals surface area contributed by atoms with E-state index in [1.54, 1.807) is 11.3 Å². The van der Waals surface area contributed by atoms with Crippen molar-refractivity contribution in [3.63, 3.8) is 0 Å². The van der Waals surface area contributed by atoms with Gasteiger partial charge in [0.15, 0.2) is 0 Å². The van der Waals surface area contributed by atoms with Crippen LogP contribution in [0.5, 0.6) is 0 Å². The molecule has 2 fully saturated rings. The van der Waals surface area contributed by atoms with Gasteiger partial charge in [-0.3, -0.25) is 24.2 Å². The lowest BCUT2D eigenvalue weighted by atomic mass is 9.85. The van der Waals surface area contributed by atoms with Crippen molar-refractivity contribution >= 4 is 29.1 Å². The average Bonchev–Trinajstić information content (AvgIpc) is 3.51. The van der Waals surface area contributed by atoms with Gasteiger partial charge in [-0.05, 0) is 62.6 Å². The lowest BCUT2D eigenvalue weighted by Crippen LogP contribution is -2.51. The summed E-state index contributed by atoms with van der Waals surface area (Å²) in [6, 6.07) is 3.58. The number of thiophene rings is 1. The fourth-order valence-electron chi connectivity index (χ4n) is 5.17. The van der Waals surface area contributed by atoms with Crippen molar-refractivity contribution in [3.05, 3.63) is 34.5 Å². The molecule has 3 heterocycles. The van der Waals surface area contributed by atoms with E-state index in [4.69, 9.17) is 0 Å². The molecule has 1 aliphatic carbocycles. The van der Waals surface area contributed by atoms with Crippen molar-refractivity contribution in [2.24, 2.45) is 17.8 Å². The molecule has 1 aromatic rings. The molecule has 6 nitrogen and oxygen atoms in total. The Bertz CT molecular complexity index is 803. The largest absolute Gasteiger partial charge is 0.352 e. The van der Waals surface area contributed by atoms with Crippen LogP contribution >= 0.6 is 11.3 Å². The maximum Gasteiger partial charge on any atom is 0.243 e. The third-order valence-corrected chi connectivity index (χ3v) is 7.75. The van der Waals surface area contributed by atoms with Crippen molar-refractivity contribution in [1.29, 1.82) is 0 Å². The normalized spacial score (nSPS) is 25.8. The van der Waals surface area contributed by atoms with Gasteiger partial charge in [-0.15, -0.1) is 11.3 Å². The topological polar surface area (TPSA) is 69.7 Å². The lowest BCUT2D eigenvalue weighted by molar-refractivity contribution is -0.148. The number of hydrogen-bond donors (Lipinski definition) is 1. The van der Waals surface area contributed by atoms with Gasteiger partial charge >= 0.3 is 0 Å². The number of nitrogens with zero attached hydrogens (tertiary/aromatic N) is 2. The maximum absolute atomic E-state index is 13.4. The summed E-state index contributed by atoms with van der Waals surface area (Å²) in [5.41, 5.74) is 0. The zero-order valence-electron chi connectivity index (χ0n) is 18.5. The molecule has 168 valence electrons. The van der Waals surface area contributed by atoms with Crippen LogP contribution in [0.2, 0.25) is 0 Å². The molecule has 4 rings (SSSR count). The number of carbonyl (C=O) groups excluding carboxylic acids is 3. The molecule has 7 heteroatoms. The highest BCUT2D eigenvalue weighted by Gasteiger charge is 2.51. The van der Waals surface area contributed by atoms with Gasteiger partial charge in [0.2, 0.25) is 17.7 Å². The van der Waals surface area contributed by atoms with E-state index >= 15 is 0 Å². The average molecular weight is 444 g/mol. The molecular weight excluding hydrogens is 410 g/mol. The standard InChI is InChI=1S/C24H33N3O3S/c1-16(2)14-19(27-23(29)17-8-3-4-9-18(17)24(27)30)22(28)25-15-20(21-10-7-13-31-21)26-11-5-6-12-26/h3-4,7,10,13,16-20H,5-6,8-9,11-12,14-15H2,1-2H3,(H,25,28). The summed E-state index contributed by atoms with van der Waals surface area (Å²) in [6.45, 7) is 6.62. The number of imide groups is 1. The minimum atomic E-state index is -0.729. The van der Waals surface area contributed by atoms with Crippen LogP contribution in [0, 0.1) is 17.8 Å². The molecule has 0 bridgehead atoms. The van der Waals surface area contributed by atoms with E-state index < -0.39 is 6.04 Å². The minimum absolute atomic E-state index is 0.142. The zero-order chi connectivity index (χ0) is 22.0. The van der Waals surface area contributed by atoms with Crippen LogP contribution < -0.4 is 5.32 Å². The molecule has 0 saturated carbocycles. The van der Waals surface area contributed by atoms with Crippen LogP contribution in [0.4, 0.5) is 0 Å². The predicted molar refractivity (Wildman–Crippen MR) is 121 cm³/mol. The van der Waals surface area contributed by atoms with E-state index in [1.807, 2.05) is 32.1 Å². The fraction of sp³-hybridized carbons (Fsp3) is 0.625. The van der Waals surface area contributed by atoms with Crippen molar-refractivity contribution < 1.29 is 14.4 Å². The van der Waals surface area contributed by atoms with Crippen molar-refractivity contribution in [2.75, 3.05) is 19.6 Å². The number of allylic oxidation sites excluding steroid dienone is 2. The van der Waals surface area contributed by atoms with Crippen LogP contribution in [0.15, 0.2) is 29.7 Å². The molecule has 0 spiro atoms. The van der Waals surface area contributed by atoms with Gasteiger partial charge in [-0.2, -0.15) is 0 Å². The number of nitrogens with one attached hydrogen (secondary N) is 1. The molecule has 3 amide bonds. The fourth-order valence-corrected chi connectivity index (χ4v) is 6.03. The molecule has 0 radical (unpaired) electrons. The Morgan fingerprint density at radius 3 is 2.32 bits per heavy atom. The van der Waals surface area contributed by atoms with Gasteiger partial charge in [-0.1, -0.05) is 32.1 Å². The van der Waals surface area contributed by atoms with E-state index in [1.165, 1.54) is 22.6 Å². The molecular formula is C24H33N3O3S. The molecule has 0 aromatic carbocycles. The monoisotopic (exact) mass is 443 g/mol. The number of carbonyl (C=O) groups is 3.